The Bertz CT molecular complexity index is 638. The van der Waals surface area contributed by atoms with E-state index < -0.39 is 21.2 Å². The van der Waals surface area contributed by atoms with E-state index in [9.17, 15) is 13.2 Å². The lowest BCUT2D eigenvalue weighted by atomic mass is 10.0. The van der Waals surface area contributed by atoms with Crippen molar-refractivity contribution < 1.29 is 17.9 Å². The van der Waals surface area contributed by atoms with Gasteiger partial charge in [-0.05, 0) is 12.0 Å². The lowest BCUT2D eigenvalue weighted by Crippen LogP contribution is -2.61. The molecule has 2 fully saturated rings. The molecule has 2 atom stereocenters. The van der Waals surface area contributed by atoms with E-state index in [2.05, 4.69) is 5.32 Å². The fraction of sp³-hybridized carbons (Fsp3) is 0.533. The Morgan fingerprint density at radius 3 is 2.78 bits per heavy atom. The zero-order valence-corrected chi connectivity index (χ0v) is 14.3. The van der Waals surface area contributed by atoms with Gasteiger partial charge in [-0.25, -0.2) is 13.2 Å². The maximum atomic E-state index is 12.1. The standard InChI is InChI=1S/C15H20N2O4S.ClH/c18-15(21-11-12-4-2-1-3-5-12)17-8-6-13-14(10-17)22(19,20)9-7-16-13;/h1-5,13-14,16H,6-11H2;1H/t13-,14+;/m0./s1. The first-order chi connectivity index (χ1) is 10.6. The molecule has 2 aliphatic heterocycles. The monoisotopic (exact) mass is 360 g/mol. The van der Waals surface area contributed by atoms with E-state index in [1.165, 1.54) is 4.90 Å². The van der Waals surface area contributed by atoms with Crippen molar-refractivity contribution in [2.24, 2.45) is 0 Å². The van der Waals surface area contributed by atoms with Gasteiger partial charge in [-0.2, -0.15) is 0 Å². The summed E-state index contributed by atoms with van der Waals surface area (Å²) in [7, 11) is -3.13. The van der Waals surface area contributed by atoms with Crippen molar-refractivity contribution in [2.45, 2.75) is 24.3 Å². The van der Waals surface area contributed by atoms with Crippen molar-refractivity contribution >= 4 is 28.3 Å². The molecule has 0 unspecified atom stereocenters. The number of fused-ring (bicyclic) bond motifs is 1. The van der Waals surface area contributed by atoms with Crippen LogP contribution in [0.25, 0.3) is 0 Å². The largest absolute Gasteiger partial charge is 0.445 e. The van der Waals surface area contributed by atoms with E-state index in [0.29, 0.717) is 19.5 Å². The van der Waals surface area contributed by atoms with Crippen molar-refractivity contribution in [2.75, 3.05) is 25.4 Å². The molecule has 2 saturated heterocycles. The Morgan fingerprint density at radius 1 is 1.30 bits per heavy atom. The molecule has 6 nitrogen and oxygen atoms in total. The molecule has 0 radical (unpaired) electrons. The topological polar surface area (TPSA) is 75.7 Å². The van der Waals surface area contributed by atoms with E-state index in [4.69, 9.17) is 4.74 Å². The van der Waals surface area contributed by atoms with Gasteiger partial charge in [0.2, 0.25) is 0 Å². The fourth-order valence-corrected chi connectivity index (χ4v) is 4.87. The Labute approximate surface area is 142 Å². The number of amides is 1. The number of carbonyl (C=O) groups excluding carboxylic acids is 1. The molecule has 1 amide bonds. The first kappa shape index (κ1) is 18.0. The SMILES string of the molecule is Cl.O=C(OCc1ccccc1)N1CC[C@@H]2NCCS(=O)(=O)[C@@H]2C1. The second-order valence-electron chi connectivity index (χ2n) is 5.74. The molecule has 128 valence electrons. The van der Waals surface area contributed by atoms with Gasteiger partial charge in [0.25, 0.3) is 0 Å². The molecule has 3 rings (SSSR count). The van der Waals surface area contributed by atoms with E-state index in [-0.39, 0.29) is 37.4 Å². The summed E-state index contributed by atoms with van der Waals surface area (Å²) in [6.07, 6.45) is 0.202. The summed E-state index contributed by atoms with van der Waals surface area (Å²) in [5.41, 5.74) is 0.915. The maximum absolute atomic E-state index is 12.1. The molecule has 1 aromatic rings. The second-order valence-corrected chi connectivity index (χ2v) is 8.08. The van der Waals surface area contributed by atoms with E-state index in [1.54, 1.807) is 0 Å². The molecule has 2 heterocycles. The normalized spacial score (nSPS) is 25.8. The van der Waals surface area contributed by atoms with Crippen LogP contribution in [0.2, 0.25) is 0 Å². The first-order valence-corrected chi connectivity index (χ1v) is 9.18. The molecule has 8 heteroatoms. The number of nitrogens with zero attached hydrogens (tertiary/aromatic N) is 1. The van der Waals surface area contributed by atoms with Crippen molar-refractivity contribution in [3.63, 3.8) is 0 Å². The van der Waals surface area contributed by atoms with Gasteiger partial charge in [-0.1, -0.05) is 30.3 Å². The van der Waals surface area contributed by atoms with E-state index in [1.807, 2.05) is 30.3 Å². The number of sulfone groups is 1. The highest BCUT2D eigenvalue weighted by molar-refractivity contribution is 7.92. The van der Waals surface area contributed by atoms with Crippen LogP contribution in [0.1, 0.15) is 12.0 Å². The maximum Gasteiger partial charge on any atom is 0.410 e. The van der Waals surface area contributed by atoms with Crippen LogP contribution in [-0.2, 0) is 21.2 Å². The van der Waals surface area contributed by atoms with Crippen molar-refractivity contribution in [3.05, 3.63) is 35.9 Å². The number of nitrogens with one attached hydrogen (secondary N) is 1. The minimum absolute atomic E-state index is 0. The lowest BCUT2D eigenvalue weighted by molar-refractivity contribution is 0.0856. The van der Waals surface area contributed by atoms with Gasteiger partial charge in [0, 0.05) is 25.7 Å². The third-order valence-electron chi connectivity index (χ3n) is 4.28. The molecule has 0 bridgehead atoms. The highest BCUT2D eigenvalue weighted by Crippen LogP contribution is 2.22. The molecule has 0 aromatic heterocycles. The van der Waals surface area contributed by atoms with E-state index >= 15 is 0 Å². The second kappa shape index (κ2) is 7.51. The number of hydrogen-bond acceptors (Lipinski definition) is 5. The summed E-state index contributed by atoms with van der Waals surface area (Å²) in [4.78, 5) is 13.7. The van der Waals surface area contributed by atoms with Crippen LogP contribution < -0.4 is 5.32 Å². The van der Waals surface area contributed by atoms with Gasteiger partial charge in [0.1, 0.15) is 6.61 Å². The van der Waals surface area contributed by atoms with Crippen LogP contribution >= 0.6 is 12.4 Å². The average molecular weight is 361 g/mol. The zero-order valence-electron chi connectivity index (χ0n) is 12.7. The summed E-state index contributed by atoms with van der Waals surface area (Å²) in [5, 5.41) is 2.72. The Kier molecular flexibility index (Phi) is 5.89. The third kappa shape index (κ3) is 4.16. The van der Waals surface area contributed by atoms with E-state index in [0.717, 1.165) is 5.56 Å². The smallest absolute Gasteiger partial charge is 0.410 e. The molecular formula is C15H21ClN2O4S. The Morgan fingerprint density at radius 2 is 2.04 bits per heavy atom. The average Bonchev–Trinajstić information content (AvgIpc) is 2.53. The summed E-state index contributed by atoms with van der Waals surface area (Å²) in [6.45, 7) is 1.45. The van der Waals surface area contributed by atoms with Crippen LogP contribution in [0.5, 0.6) is 0 Å². The summed E-state index contributed by atoms with van der Waals surface area (Å²) >= 11 is 0. The third-order valence-corrected chi connectivity index (χ3v) is 6.45. The number of carbonyl (C=O) groups is 1. The Hall–Kier alpha value is -1.31. The number of rotatable bonds is 2. The molecule has 1 aromatic carbocycles. The Balaban J connectivity index is 0.00000192. The van der Waals surface area contributed by atoms with Gasteiger partial charge in [-0.15, -0.1) is 12.4 Å². The molecule has 2 aliphatic rings. The molecule has 0 saturated carbocycles. The number of benzene rings is 1. The first-order valence-electron chi connectivity index (χ1n) is 7.47. The number of piperidine rings is 1. The minimum Gasteiger partial charge on any atom is -0.445 e. The number of hydrogen-bond donors (Lipinski definition) is 1. The van der Waals surface area contributed by atoms with Crippen molar-refractivity contribution in [3.8, 4) is 0 Å². The number of ether oxygens (including phenoxy) is 1. The van der Waals surface area contributed by atoms with Crippen LogP contribution in [0, 0.1) is 0 Å². The summed E-state index contributed by atoms with van der Waals surface area (Å²) < 4.78 is 29.6. The summed E-state index contributed by atoms with van der Waals surface area (Å²) in [6, 6.07) is 9.39. The van der Waals surface area contributed by atoms with Crippen LogP contribution in [0.3, 0.4) is 0 Å². The highest BCUT2D eigenvalue weighted by Gasteiger charge is 2.42. The van der Waals surface area contributed by atoms with Gasteiger partial charge in [0.15, 0.2) is 9.84 Å². The predicted molar refractivity (Wildman–Crippen MR) is 89.4 cm³/mol. The number of halogens is 1. The van der Waals surface area contributed by atoms with Crippen molar-refractivity contribution in [1.82, 2.24) is 10.2 Å². The minimum atomic E-state index is -3.13. The molecule has 1 N–H and O–H groups in total. The van der Waals surface area contributed by atoms with Crippen LogP contribution in [-0.4, -0.2) is 56.1 Å². The zero-order chi connectivity index (χ0) is 15.6. The van der Waals surface area contributed by atoms with Gasteiger partial charge in [0.05, 0.1) is 11.0 Å². The number of likely N-dealkylation sites (tertiary alicyclic amines) is 1. The quantitative estimate of drug-likeness (QED) is 0.857. The van der Waals surface area contributed by atoms with Crippen LogP contribution in [0.4, 0.5) is 4.79 Å². The molecular weight excluding hydrogens is 340 g/mol. The fourth-order valence-electron chi connectivity index (χ4n) is 3.03. The highest BCUT2D eigenvalue weighted by atomic mass is 35.5. The van der Waals surface area contributed by atoms with Crippen LogP contribution in [0.15, 0.2) is 30.3 Å². The summed E-state index contributed by atoms with van der Waals surface area (Å²) in [5.74, 6) is 0.140. The predicted octanol–water partition coefficient (Wildman–Crippen LogP) is 1.21. The molecule has 0 spiro atoms. The molecule has 23 heavy (non-hydrogen) atoms. The van der Waals surface area contributed by atoms with Gasteiger partial charge in [-0.3, -0.25) is 0 Å². The lowest BCUT2D eigenvalue weighted by Gasteiger charge is -2.40. The van der Waals surface area contributed by atoms with Gasteiger partial charge < -0.3 is 15.0 Å². The molecule has 0 aliphatic carbocycles. The van der Waals surface area contributed by atoms with Gasteiger partial charge >= 0.3 is 6.09 Å². The van der Waals surface area contributed by atoms with Crippen molar-refractivity contribution in [1.29, 1.82) is 0 Å².